The Morgan fingerprint density at radius 1 is 1.15 bits per heavy atom. The van der Waals surface area contributed by atoms with E-state index in [9.17, 15) is 9.59 Å². The summed E-state index contributed by atoms with van der Waals surface area (Å²) in [4.78, 5) is 30.8. The van der Waals surface area contributed by atoms with Crippen molar-refractivity contribution in [2.45, 2.75) is 19.8 Å². The standard InChI is InChI=1S/C19H23N5O3/c1-2-16-20-21-19(27-16)23-10-8-22(9-11-23)18(26)14-12-17(25)24(13-14)15-6-4-3-5-7-15/h3-7,14H,2,8-13H2,1H3. The van der Waals surface area contributed by atoms with Crippen LogP contribution in [0.1, 0.15) is 19.2 Å². The van der Waals surface area contributed by atoms with Gasteiger partial charge >= 0.3 is 6.01 Å². The van der Waals surface area contributed by atoms with Crippen molar-refractivity contribution < 1.29 is 14.0 Å². The van der Waals surface area contributed by atoms with Gasteiger partial charge in [-0.15, -0.1) is 5.10 Å². The van der Waals surface area contributed by atoms with Crippen LogP contribution in [0.25, 0.3) is 0 Å². The van der Waals surface area contributed by atoms with Crippen LogP contribution in [0, 0.1) is 5.92 Å². The number of hydrogen-bond donors (Lipinski definition) is 0. The van der Waals surface area contributed by atoms with E-state index in [1.54, 1.807) is 4.90 Å². The van der Waals surface area contributed by atoms with Crippen molar-refractivity contribution in [1.82, 2.24) is 15.1 Å². The number of aryl methyl sites for hydroxylation is 1. The summed E-state index contributed by atoms with van der Waals surface area (Å²) in [6, 6.07) is 10.0. The SMILES string of the molecule is CCc1nnc(N2CCN(C(=O)C3CC(=O)N(c4ccccc4)C3)CC2)o1. The molecule has 1 atom stereocenters. The summed E-state index contributed by atoms with van der Waals surface area (Å²) in [6.45, 7) is 4.92. The molecule has 8 heteroatoms. The Kier molecular flexibility index (Phi) is 4.79. The van der Waals surface area contributed by atoms with Crippen LogP contribution in [-0.2, 0) is 16.0 Å². The van der Waals surface area contributed by atoms with Gasteiger partial charge in [0.05, 0.1) is 5.92 Å². The fourth-order valence-electron chi connectivity index (χ4n) is 3.62. The molecule has 2 fully saturated rings. The monoisotopic (exact) mass is 369 g/mol. The predicted octanol–water partition coefficient (Wildman–Crippen LogP) is 1.33. The van der Waals surface area contributed by atoms with E-state index in [4.69, 9.17) is 4.42 Å². The first-order chi connectivity index (χ1) is 13.2. The molecule has 2 aliphatic heterocycles. The first kappa shape index (κ1) is 17.5. The Bertz CT molecular complexity index is 814. The van der Waals surface area contributed by atoms with E-state index < -0.39 is 0 Å². The molecule has 0 N–H and O–H groups in total. The molecular formula is C19H23N5O3. The first-order valence-electron chi connectivity index (χ1n) is 9.37. The zero-order chi connectivity index (χ0) is 18.8. The van der Waals surface area contributed by atoms with Gasteiger partial charge in [0.1, 0.15) is 0 Å². The Morgan fingerprint density at radius 2 is 1.89 bits per heavy atom. The number of nitrogens with zero attached hydrogens (tertiary/aromatic N) is 5. The second-order valence-corrected chi connectivity index (χ2v) is 6.89. The van der Waals surface area contributed by atoms with E-state index in [1.807, 2.05) is 47.1 Å². The van der Waals surface area contributed by atoms with Crippen molar-refractivity contribution >= 4 is 23.5 Å². The van der Waals surface area contributed by atoms with Gasteiger partial charge in [-0.05, 0) is 12.1 Å². The van der Waals surface area contributed by atoms with Crippen LogP contribution < -0.4 is 9.80 Å². The highest BCUT2D eigenvalue weighted by Gasteiger charge is 2.38. The molecule has 2 saturated heterocycles. The van der Waals surface area contributed by atoms with Gasteiger partial charge in [-0.2, -0.15) is 0 Å². The Labute approximate surface area is 157 Å². The van der Waals surface area contributed by atoms with Gasteiger partial charge in [0, 0.05) is 51.3 Å². The minimum absolute atomic E-state index is 0.0103. The number of carbonyl (C=O) groups excluding carboxylic acids is 2. The lowest BCUT2D eigenvalue weighted by Gasteiger charge is -2.34. The fourth-order valence-corrected chi connectivity index (χ4v) is 3.62. The Balaban J connectivity index is 1.35. The number of aromatic nitrogens is 2. The summed E-state index contributed by atoms with van der Waals surface area (Å²) in [5.41, 5.74) is 0.853. The maximum Gasteiger partial charge on any atom is 0.318 e. The minimum atomic E-state index is -0.278. The zero-order valence-electron chi connectivity index (χ0n) is 15.4. The van der Waals surface area contributed by atoms with Crippen LogP contribution in [-0.4, -0.2) is 59.6 Å². The lowest BCUT2D eigenvalue weighted by atomic mass is 10.1. The van der Waals surface area contributed by atoms with E-state index in [2.05, 4.69) is 10.2 Å². The van der Waals surface area contributed by atoms with E-state index in [0.717, 1.165) is 5.69 Å². The quantitative estimate of drug-likeness (QED) is 0.809. The molecule has 8 nitrogen and oxygen atoms in total. The average Bonchev–Trinajstić information content (AvgIpc) is 3.35. The van der Waals surface area contributed by atoms with Crippen molar-refractivity contribution in [3.05, 3.63) is 36.2 Å². The van der Waals surface area contributed by atoms with Crippen LogP contribution in [0.2, 0.25) is 0 Å². The molecule has 0 aliphatic carbocycles. The number of hydrogen-bond acceptors (Lipinski definition) is 6. The van der Waals surface area contributed by atoms with E-state index in [0.29, 0.717) is 51.0 Å². The summed E-state index contributed by atoms with van der Waals surface area (Å²) in [5, 5.41) is 8.06. The molecule has 1 unspecified atom stereocenters. The topological polar surface area (TPSA) is 82.8 Å². The molecule has 2 aliphatic rings. The average molecular weight is 369 g/mol. The van der Waals surface area contributed by atoms with Crippen molar-refractivity contribution in [1.29, 1.82) is 0 Å². The van der Waals surface area contributed by atoms with Crippen LogP contribution in [0.4, 0.5) is 11.7 Å². The number of benzene rings is 1. The number of anilines is 2. The zero-order valence-corrected chi connectivity index (χ0v) is 15.4. The first-order valence-corrected chi connectivity index (χ1v) is 9.37. The second-order valence-electron chi connectivity index (χ2n) is 6.89. The molecule has 0 spiro atoms. The smallest absolute Gasteiger partial charge is 0.318 e. The van der Waals surface area contributed by atoms with Crippen molar-refractivity contribution in [3.63, 3.8) is 0 Å². The number of carbonyl (C=O) groups is 2. The molecule has 2 aromatic rings. The lowest BCUT2D eigenvalue weighted by Crippen LogP contribution is -2.50. The molecule has 1 aromatic carbocycles. The lowest BCUT2D eigenvalue weighted by molar-refractivity contribution is -0.136. The molecule has 142 valence electrons. The normalized spacial score (nSPS) is 20.4. The number of piperazine rings is 1. The Hall–Kier alpha value is -2.90. The molecule has 1 aromatic heterocycles. The third-order valence-corrected chi connectivity index (χ3v) is 5.16. The molecule has 0 bridgehead atoms. The maximum absolute atomic E-state index is 12.9. The summed E-state index contributed by atoms with van der Waals surface area (Å²) in [6.07, 6.45) is 0.983. The Morgan fingerprint density at radius 3 is 2.56 bits per heavy atom. The van der Waals surface area contributed by atoms with Gasteiger partial charge in [-0.3, -0.25) is 9.59 Å². The van der Waals surface area contributed by atoms with E-state index in [-0.39, 0.29) is 24.2 Å². The molecule has 27 heavy (non-hydrogen) atoms. The third kappa shape index (κ3) is 3.51. The number of para-hydroxylation sites is 1. The fraction of sp³-hybridized carbons (Fsp3) is 0.474. The molecule has 2 amide bonds. The maximum atomic E-state index is 12.9. The van der Waals surface area contributed by atoms with Gasteiger partial charge in [-0.1, -0.05) is 30.2 Å². The summed E-state index contributed by atoms with van der Waals surface area (Å²) in [5.74, 6) is 0.408. The van der Waals surface area contributed by atoms with Crippen molar-refractivity contribution in [3.8, 4) is 0 Å². The van der Waals surface area contributed by atoms with Gasteiger partial charge in [-0.25, -0.2) is 0 Å². The minimum Gasteiger partial charge on any atom is -0.408 e. The highest BCUT2D eigenvalue weighted by atomic mass is 16.4. The largest absolute Gasteiger partial charge is 0.408 e. The summed E-state index contributed by atoms with van der Waals surface area (Å²) in [7, 11) is 0. The molecule has 0 saturated carbocycles. The van der Waals surface area contributed by atoms with Crippen LogP contribution >= 0.6 is 0 Å². The van der Waals surface area contributed by atoms with Gasteiger partial charge in [0.25, 0.3) is 0 Å². The highest BCUT2D eigenvalue weighted by molar-refractivity contribution is 6.00. The van der Waals surface area contributed by atoms with Crippen molar-refractivity contribution in [2.24, 2.45) is 5.92 Å². The number of rotatable bonds is 4. The molecule has 3 heterocycles. The molecular weight excluding hydrogens is 346 g/mol. The third-order valence-electron chi connectivity index (χ3n) is 5.16. The summed E-state index contributed by atoms with van der Waals surface area (Å²) >= 11 is 0. The van der Waals surface area contributed by atoms with Crippen LogP contribution in [0.15, 0.2) is 34.7 Å². The van der Waals surface area contributed by atoms with Crippen LogP contribution in [0.5, 0.6) is 0 Å². The van der Waals surface area contributed by atoms with E-state index in [1.165, 1.54) is 0 Å². The number of amides is 2. The second kappa shape index (κ2) is 7.38. The van der Waals surface area contributed by atoms with Gasteiger partial charge < -0.3 is 19.1 Å². The highest BCUT2D eigenvalue weighted by Crippen LogP contribution is 2.26. The van der Waals surface area contributed by atoms with Gasteiger partial charge in [0.2, 0.25) is 17.7 Å². The van der Waals surface area contributed by atoms with E-state index >= 15 is 0 Å². The molecule has 4 rings (SSSR count). The van der Waals surface area contributed by atoms with Gasteiger partial charge in [0.15, 0.2) is 0 Å². The molecule has 0 radical (unpaired) electrons. The predicted molar refractivity (Wildman–Crippen MR) is 99.4 cm³/mol. The van der Waals surface area contributed by atoms with Crippen LogP contribution in [0.3, 0.4) is 0 Å². The van der Waals surface area contributed by atoms with Crippen molar-refractivity contribution in [2.75, 3.05) is 42.5 Å². The summed E-state index contributed by atoms with van der Waals surface area (Å²) < 4.78 is 5.59.